The summed E-state index contributed by atoms with van der Waals surface area (Å²) in [7, 11) is 1.64. The molecule has 0 amide bonds. The molecule has 0 saturated carbocycles. The topological polar surface area (TPSA) is 55.6 Å². The summed E-state index contributed by atoms with van der Waals surface area (Å²) >= 11 is 5.11. The van der Waals surface area contributed by atoms with Crippen molar-refractivity contribution in [2.45, 2.75) is 0 Å². The molecule has 90 valence electrons. The normalized spacial score (nSPS) is 10.9. The molecule has 0 spiro atoms. The molecule has 0 unspecified atom stereocenters. The molecule has 0 atom stereocenters. The van der Waals surface area contributed by atoms with E-state index in [-0.39, 0.29) is 5.56 Å². The molecule has 0 aliphatic rings. The minimum absolute atomic E-state index is 0.143. The van der Waals surface area contributed by atoms with Gasteiger partial charge in [0.05, 0.1) is 11.9 Å². The highest BCUT2D eigenvalue weighted by Crippen LogP contribution is 2.12. The van der Waals surface area contributed by atoms with Crippen molar-refractivity contribution in [1.82, 2.24) is 19.3 Å². The lowest BCUT2D eigenvalue weighted by Gasteiger charge is -2.03. The number of aromatic amines is 1. The number of nitrogens with one attached hydrogen (secondary N) is 1. The second-order valence-electron chi connectivity index (χ2n) is 3.95. The maximum Gasteiger partial charge on any atom is 0.265 e. The van der Waals surface area contributed by atoms with Crippen molar-refractivity contribution in [2.75, 3.05) is 0 Å². The summed E-state index contributed by atoms with van der Waals surface area (Å²) in [5, 5.41) is 4.76. The molecule has 2 aromatic heterocycles. The lowest BCUT2D eigenvalue weighted by molar-refractivity contribution is 0.814. The summed E-state index contributed by atoms with van der Waals surface area (Å²) in [5.74, 6) is 0. The number of H-pyrrole nitrogens is 1. The smallest absolute Gasteiger partial charge is 0.265 e. The van der Waals surface area contributed by atoms with Gasteiger partial charge in [0.25, 0.3) is 5.56 Å². The van der Waals surface area contributed by atoms with Gasteiger partial charge in [0.2, 0.25) is 0 Å². The third-order valence-electron chi connectivity index (χ3n) is 2.84. The molecule has 0 fully saturated rings. The zero-order chi connectivity index (χ0) is 12.7. The van der Waals surface area contributed by atoms with E-state index in [4.69, 9.17) is 12.2 Å². The standard InChI is InChI=1S/C12H10N4OS/c1-15-11(17)9-7-13-16(10(9)14-12(15)18)8-5-3-2-4-6-8/h2-7H,1H3,(H,14,18). The molecular formula is C12H10N4OS. The summed E-state index contributed by atoms with van der Waals surface area (Å²) in [6.45, 7) is 0. The van der Waals surface area contributed by atoms with E-state index in [0.29, 0.717) is 15.8 Å². The number of benzene rings is 1. The number of hydrogen-bond donors (Lipinski definition) is 1. The van der Waals surface area contributed by atoms with Crippen LogP contribution in [0.1, 0.15) is 0 Å². The molecule has 0 aliphatic carbocycles. The lowest BCUT2D eigenvalue weighted by atomic mass is 10.3. The maximum atomic E-state index is 12.0. The first-order valence-electron chi connectivity index (χ1n) is 5.41. The maximum absolute atomic E-state index is 12.0. The summed E-state index contributed by atoms with van der Waals surface area (Å²) in [4.78, 5) is 15.0. The van der Waals surface area contributed by atoms with E-state index in [1.807, 2.05) is 30.3 Å². The van der Waals surface area contributed by atoms with E-state index in [1.165, 1.54) is 4.57 Å². The summed E-state index contributed by atoms with van der Waals surface area (Å²) in [6.07, 6.45) is 1.55. The zero-order valence-electron chi connectivity index (χ0n) is 9.62. The van der Waals surface area contributed by atoms with Crippen LogP contribution in [0.4, 0.5) is 0 Å². The second kappa shape index (κ2) is 3.92. The summed E-state index contributed by atoms with van der Waals surface area (Å²) in [5.41, 5.74) is 1.36. The highest BCUT2D eigenvalue weighted by atomic mass is 32.1. The monoisotopic (exact) mass is 258 g/mol. The Hall–Kier alpha value is -2.21. The van der Waals surface area contributed by atoms with Gasteiger partial charge in [-0.25, -0.2) is 4.68 Å². The fourth-order valence-electron chi connectivity index (χ4n) is 1.85. The van der Waals surface area contributed by atoms with E-state index >= 15 is 0 Å². The van der Waals surface area contributed by atoms with Gasteiger partial charge in [-0.05, 0) is 24.4 Å². The van der Waals surface area contributed by atoms with Crippen LogP contribution in [0.5, 0.6) is 0 Å². The van der Waals surface area contributed by atoms with Crippen LogP contribution in [0.15, 0.2) is 41.3 Å². The van der Waals surface area contributed by atoms with E-state index in [2.05, 4.69) is 10.1 Å². The van der Waals surface area contributed by atoms with Crippen LogP contribution in [0, 0.1) is 4.77 Å². The minimum Gasteiger partial charge on any atom is -0.316 e. The molecule has 0 radical (unpaired) electrons. The third-order valence-corrected chi connectivity index (χ3v) is 3.21. The predicted octanol–water partition coefficient (Wildman–Crippen LogP) is 1.78. The molecule has 0 aliphatic heterocycles. The van der Waals surface area contributed by atoms with Gasteiger partial charge in [0.1, 0.15) is 11.0 Å². The van der Waals surface area contributed by atoms with E-state index < -0.39 is 0 Å². The Kier molecular flexibility index (Phi) is 2.38. The van der Waals surface area contributed by atoms with Crippen molar-refractivity contribution in [3.8, 4) is 5.69 Å². The number of nitrogens with zero attached hydrogens (tertiary/aromatic N) is 3. The first-order valence-corrected chi connectivity index (χ1v) is 5.82. The summed E-state index contributed by atoms with van der Waals surface area (Å²) < 4.78 is 3.45. The predicted molar refractivity (Wildman–Crippen MR) is 71.5 cm³/mol. The van der Waals surface area contributed by atoms with Crippen LogP contribution in [0.3, 0.4) is 0 Å². The number of para-hydroxylation sites is 1. The quantitative estimate of drug-likeness (QED) is 0.677. The highest BCUT2D eigenvalue weighted by molar-refractivity contribution is 7.71. The Morgan fingerprint density at radius 2 is 2.00 bits per heavy atom. The van der Waals surface area contributed by atoms with Crippen molar-refractivity contribution in [3.63, 3.8) is 0 Å². The van der Waals surface area contributed by atoms with Crippen LogP contribution in [-0.4, -0.2) is 19.3 Å². The third kappa shape index (κ3) is 1.50. The molecule has 1 aromatic carbocycles. The van der Waals surface area contributed by atoms with Gasteiger partial charge < -0.3 is 4.98 Å². The Labute approximate surface area is 107 Å². The Balaban J connectivity index is 2.41. The molecule has 6 heteroatoms. The van der Waals surface area contributed by atoms with Crippen LogP contribution in [0.2, 0.25) is 0 Å². The summed E-state index contributed by atoms with van der Waals surface area (Å²) in [6, 6.07) is 9.59. The van der Waals surface area contributed by atoms with Gasteiger partial charge >= 0.3 is 0 Å². The molecule has 2 heterocycles. The molecule has 3 aromatic rings. The largest absolute Gasteiger partial charge is 0.316 e. The van der Waals surface area contributed by atoms with Gasteiger partial charge in [0, 0.05) is 7.05 Å². The SMILES string of the molecule is Cn1c(=S)[nH]c2c(cnn2-c2ccccc2)c1=O. The molecule has 18 heavy (non-hydrogen) atoms. The van der Waals surface area contributed by atoms with Crippen molar-refractivity contribution in [1.29, 1.82) is 0 Å². The molecule has 0 saturated heterocycles. The minimum atomic E-state index is -0.143. The first-order chi connectivity index (χ1) is 8.68. The van der Waals surface area contributed by atoms with Crippen LogP contribution >= 0.6 is 12.2 Å². The molecular weight excluding hydrogens is 248 g/mol. The number of aromatic nitrogens is 4. The Bertz CT molecular complexity index is 829. The van der Waals surface area contributed by atoms with Crippen LogP contribution in [0.25, 0.3) is 16.7 Å². The van der Waals surface area contributed by atoms with Crippen molar-refractivity contribution in [2.24, 2.45) is 7.05 Å². The van der Waals surface area contributed by atoms with E-state index in [9.17, 15) is 4.79 Å². The second-order valence-corrected chi connectivity index (χ2v) is 4.34. The van der Waals surface area contributed by atoms with Gasteiger partial charge in [0.15, 0.2) is 4.77 Å². The van der Waals surface area contributed by atoms with Gasteiger partial charge in [-0.3, -0.25) is 9.36 Å². The average Bonchev–Trinajstić information content (AvgIpc) is 2.81. The zero-order valence-corrected chi connectivity index (χ0v) is 10.4. The number of hydrogen-bond acceptors (Lipinski definition) is 3. The lowest BCUT2D eigenvalue weighted by Crippen LogP contribution is -2.18. The van der Waals surface area contributed by atoms with Crippen molar-refractivity contribution in [3.05, 3.63) is 51.7 Å². The Morgan fingerprint density at radius 3 is 2.72 bits per heavy atom. The van der Waals surface area contributed by atoms with Crippen molar-refractivity contribution >= 4 is 23.3 Å². The number of fused-ring (bicyclic) bond motifs is 1. The average molecular weight is 258 g/mol. The highest BCUT2D eigenvalue weighted by Gasteiger charge is 2.09. The molecule has 3 rings (SSSR count). The van der Waals surface area contributed by atoms with Crippen molar-refractivity contribution < 1.29 is 0 Å². The fraction of sp³-hybridized carbons (Fsp3) is 0.0833. The van der Waals surface area contributed by atoms with Crippen LogP contribution in [-0.2, 0) is 7.05 Å². The molecule has 1 N–H and O–H groups in total. The number of rotatable bonds is 1. The molecule has 0 bridgehead atoms. The Morgan fingerprint density at radius 1 is 1.28 bits per heavy atom. The fourth-order valence-corrected chi connectivity index (χ4v) is 2.03. The first kappa shape index (κ1) is 10.9. The molecule has 5 nitrogen and oxygen atoms in total. The van der Waals surface area contributed by atoms with Gasteiger partial charge in [-0.2, -0.15) is 5.10 Å². The van der Waals surface area contributed by atoms with Gasteiger partial charge in [-0.1, -0.05) is 18.2 Å². The van der Waals surface area contributed by atoms with Gasteiger partial charge in [-0.15, -0.1) is 0 Å². The van der Waals surface area contributed by atoms with Crippen LogP contribution < -0.4 is 5.56 Å². The van der Waals surface area contributed by atoms with E-state index in [0.717, 1.165) is 5.69 Å². The van der Waals surface area contributed by atoms with E-state index in [1.54, 1.807) is 17.9 Å².